The molecule has 0 aliphatic carbocycles. The molecule has 0 saturated carbocycles. The Morgan fingerprint density at radius 3 is 2.03 bits per heavy atom. The number of carbonyl (C=O) groups is 1. The molecule has 0 aromatic heterocycles. The van der Waals surface area contributed by atoms with E-state index in [0.717, 1.165) is 24.0 Å². The number of carbonyl (C=O) groups excluding carboxylic acids is 1. The molecule has 0 spiro atoms. The van der Waals surface area contributed by atoms with Crippen LogP contribution < -0.4 is 14.2 Å². The van der Waals surface area contributed by atoms with Crippen molar-refractivity contribution in [1.82, 2.24) is 0 Å². The van der Waals surface area contributed by atoms with E-state index in [1.807, 2.05) is 36.4 Å². The van der Waals surface area contributed by atoms with Gasteiger partial charge in [0.25, 0.3) is 0 Å². The summed E-state index contributed by atoms with van der Waals surface area (Å²) in [5.74, 6) is 1.39. The van der Waals surface area contributed by atoms with Crippen molar-refractivity contribution < 1.29 is 28.5 Å². The zero-order valence-electron chi connectivity index (χ0n) is 21.4. The predicted molar refractivity (Wildman–Crippen MR) is 136 cm³/mol. The van der Waals surface area contributed by atoms with E-state index >= 15 is 0 Å². The van der Waals surface area contributed by atoms with Crippen LogP contribution in [0.15, 0.2) is 42.5 Å². The van der Waals surface area contributed by atoms with Gasteiger partial charge >= 0.3 is 5.97 Å². The van der Waals surface area contributed by atoms with Gasteiger partial charge in [-0.05, 0) is 35.7 Å². The minimum atomic E-state index is -0.353. The SMILES string of the molecule is CCCCCCCCCC[C@@H]1c2ccc(OCOC)cc2OC(=O)[C@@H]1c1ccc(OCOC)cc1. The summed E-state index contributed by atoms with van der Waals surface area (Å²) in [5.41, 5.74) is 2.00. The van der Waals surface area contributed by atoms with Gasteiger partial charge in [0.15, 0.2) is 13.6 Å². The first kappa shape index (κ1) is 27.0. The van der Waals surface area contributed by atoms with E-state index < -0.39 is 0 Å². The smallest absolute Gasteiger partial charge is 0.319 e. The van der Waals surface area contributed by atoms with Crippen LogP contribution >= 0.6 is 0 Å². The van der Waals surface area contributed by atoms with Gasteiger partial charge in [-0.3, -0.25) is 4.79 Å². The maximum atomic E-state index is 13.2. The van der Waals surface area contributed by atoms with Crippen molar-refractivity contribution in [3.8, 4) is 17.2 Å². The fourth-order valence-corrected chi connectivity index (χ4v) is 4.73. The maximum Gasteiger partial charge on any atom is 0.319 e. The second-order valence-corrected chi connectivity index (χ2v) is 9.14. The molecule has 2 atom stereocenters. The van der Waals surface area contributed by atoms with Crippen molar-refractivity contribution in [3.63, 3.8) is 0 Å². The summed E-state index contributed by atoms with van der Waals surface area (Å²) in [5, 5.41) is 0. The minimum Gasteiger partial charge on any atom is -0.468 e. The summed E-state index contributed by atoms with van der Waals surface area (Å²) in [7, 11) is 3.17. The van der Waals surface area contributed by atoms with E-state index in [1.54, 1.807) is 20.3 Å². The lowest BCUT2D eigenvalue weighted by Crippen LogP contribution is -2.30. The van der Waals surface area contributed by atoms with Crippen molar-refractivity contribution in [2.24, 2.45) is 0 Å². The van der Waals surface area contributed by atoms with Crippen molar-refractivity contribution in [2.45, 2.75) is 76.5 Å². The summed E-state index contributed by atoms with van der Waals surface area (Å²) >= 11 is 0. The number of rotatable bonds is 16. The van der Waals surface area contributed by atoms with Crippen LogP contribution in [0, 0.1) is 0 Å². The molecule has 3 rings (SSSR count). The number of esters is 1. The average molecular weight is 485 g/mol. The molecule has 6 nitrogen and oxygen atoms in total. The monoisotopic (exact) mass is 484 g/mol. The van der Waals surface area contributed by atoms with Crippen LogP contribution in [0.25, 0.3) is 0 Å². The Bertz CT molecular complexity index is 895. The first-order chi connectivity index (χ1) is 17.2. The third kappa shape index (κ3) is 7.97. The van der Waals surface area contributed by atoms with Gasteiger partial charge in [-0.2, -0.15) is 0 Å². The fourth-order valence-electron chi connectivity index (χ4n) is 4.73. The lowest BCUT2D eigenvalue weighted by atomic mass is 9.76. The first-order valence-electron chi connectivity index (χ1n) is 12.9. The highest BCUT2D eigenvalue weighted by Gasteiger charge is 2.38. The van der Waals surface area contributed by atoms with Crippen LogP contribution in [-0.2, 0) is 14.3 Å². The predicted octanol–water partition coefficient (Wildman–Crippen LogP) is 6.97. The highest BCUT2D eigenvalue weighted by atomic mass is 16.7. The first-order valence-corrected chi connectivity index (χ1v) is 12.9. The summed E-state index contributed by atoms with van der Waals surface area (Å²) < 4.78 is 26.9. The second-order valence-electron chi connectivity index (χ2n) is 9.14. The molecule has 0 radical (unpaired) electrons. The van der Waals surface area contributed by atoms with Gasteiger partial charge in [0, 0.05) is 26.2 Å². The molecule has 0 fully saturated rings. The molecule has 1 aliphatic rings. The zero-order valence-corrected chi connectivity index (χ0v) is 21.4. The van der Waals surface area contributed by atoms with Crippen molar-refractivity contribution in [2.75, 3.05) is 27.8 Å². The second kappa shape index (κ2) is 14.7. The van der Waals surface area contributed by atoms with E-state index in [-0.39, 0.29) is 31.4 Å². The Morgan fingerprint density at radius 2 is 1.37 bits per heavy atom. The Balaban J connectivity index is 1.74. The van der Waals surface area contributed by atoms with E-state index in [1.165, 1.54) is 44.9 Å². The highest BCUT2D eigenvalue weighted by molar-refractivity contribution is 5.84. The van der Waals surface area contributed by atoms with Crippen LogP contribution in [0.1, 0.15) is 87.7 Å². The summed E-state index contributed by atoms with van der Waals surface area (Å²) in [4.78, 5) is 13.2. The fraction of sp³-hybridized carbons (Fsp3) is 0.552. The maximum absolute atomic E-state index is 13.2. The average Bonchev–Trinajstić information content (AvgIpc) is 2.87. The normalized spacial score (nSPS) is 17.1. The van der Waals surface area contributed by atoms with Crippen LogP contribution in [0.5, 0.6) is 17.2 Å². The lowest BCUT2D eigenvalue weighted by molar-refractivity contribution is -0.138. The molecule has 2 aromatic rings. The van der Waals surface area contributed by atoms with Gasteiger partial charge in [0.2, 0.25) is 0 Å². The minimum absolute atomic E-state index is 0.0496. The van der Waals surface area contributed by atoms with Crippen molar-refractivity contribution in [3.05, 3.63) is 53.6 Å². The molecular weight excluding hydrogens is 444 g/mol. The van der Waals surface area contributed by atoms with Crippen molar-refractivity contribution >= 4 is 5.97 Å². The molecule has 35 heavy (non-hydrogen) atoms. The molecule has 6 heteroatoms. The Morgan fingerprint density at radius 1 is 0.771 bits per heavy atom. The molecule has 0 unspecified atom stereocenters. The molecular formula is C29H40O6. The highest BCUT2D eigenvalue weighted by Crippen LogP contribution is 2.47. The number of hydrogen-bond acceptors (Lipinski definition) is 6. The van der Waals surface area contributed by atoms with Crippen LogP contribution in [0.3, 0.4) is 0 Å². The number of fused-ring (bicyclic) bond motifs is 1. The van der Waals surface area contributed by atoms with Gasteiger partial charge in [0.05, 0.1) is 5.92 Å². The van der Waals surface area contributed by atoms with Gasteiger partial charge in [-0.15, -0.1) is 0 Å². The summed E-state index contributed by atoms with van der Waals surface area (Å²) in [6.45, 7) is 2.58. The molecule has 0 saturated heterocycles. The number of benzene rings is 2. The van der Waals surface area contributed by atoms with Crippen molar-refractivity contribution in [1.29, 1.82) is 0 Å². The molecule has 0 amide bonds. The third-order valence-electron chi connectivity index (χ3n) is 6.55. The summed E-state index contributed by atoms with van der Waals surface area (Å²) in [6, 6.07) is 13.4. The Labute approximate surface area is 209 Å². The number of ether oxygens (including phenoxy) is 5. The number of methoxy groups -OCH3 is 2. The quantitative estimate of drug-likeness (QED) is 0.111. The molecule has 0 N–H and O–H groups in total. The van der Waals surface area contributed by atoms with E-state index in [4.69, 9.17) is 23.7 Å². The van der Waals surface area contributed by atoms with Crippen LogP contribution in [0.2, 0.25) is 0 Å². The Hall–Kier alpha value is -2.57. The van der Waals surface area contributed by atoms with E-state index in [2.05, 4.69) is 6.92 Å². The largest absolute Gasteiger partial charge is 0.468 e. The molecule has 0 bridgehead atoms. The topological polar surface area (TPSA) is 63.2 Å². The van der Waals surface area contributed by atoms with Gasteiger partial charge in [0.1, 0.15) is 17.2 Å². The third-order valence-corrected chi connectivity index (χ3v) is 6.55. The molecule has 1 aliphatic heterocycles. The number of unbranched alkanes of at least 4 members (excludes halogenated alkanes) is 7. The van der Waals surface area contributed by atoms with Gasteiger partial charge in [-0.25, -0.2) is 0 Å². The number of hydrogen-bond donors (Lipinski definition) is 0. The summed E-state index contributed by atoms with van der Waals surface area (Å²) in [6.07, 6.45) is 11.0. The molecule has 1 heterocycles. The van der Waals surface area contributed by atoms with Gasteiger partial charge in [-0.1, -0.05) is 76.5 Å². The van der Waals surface area contributed by atoms with E-state index in [0.29, 0.717) is 17.2 Å². The van der Waals surface area contributed by atoms with Crippen LogP contribution in [0.4, 0.5) is 0 Å². The molecule has 192 valence electrons. The molecule has 2 aromatic carbocycles. The Kier molecular flexibility index (Phi) is 11.4. The van der Waals surface area contributed by atoms with E-state index in [9.17, 15) is 4.79 Å². The lowest BCUT2D eigenvalue weighted by Gasteiger charge is -2.32. The zero-order chi connectivity index (χ0) is 24.9. The standard InChI is InChI=1S/C29H40O6/c1-4-5-6-7-8-9-10-11-12-26-25-18-17-24(34-21-32-3)19-27(25)35-29(30)28(26)22-13-15-23(16-14-22)33-20-31-2/h13-19,26,28H,4-12,20-21H2,1-3H3/t26-,28-/m1/s1. The van der Waals surface area contributed by atoms with Crippen LogP contribution in [-0.4, -0.2) is 33.8 Å². The van der Waals surface area contributed by atoms with Gasteiger partial charge < -0.3 is 23.7 Å².